The Balaban J connectivity index is 1.56. The second kappa shape index (κ2) is 3.98. The van der Waals surface area contributed by atoms with Gasteiger partial charge in [0.1, 0.15) is 0 Å². The lowest BCUT2D eigenvalue weighted by molar-refractivity contribution is -0.149. The van der Waals surface area contributed by atoms with Crippen molar-refractivity contribution in [2.24, 2.45) is 11.3 Å². The van der Waals surface area contributed by atoms with Gasteiger partial charge in [-0.15, -0.1) is 0 Å². The molecule has 0 unspecified atom stereocenters. The lowest BCUT2D eigenvalue weighted by Gasteiger charge is -2.55. The smallest absolute Gasteiger partial charge is 0.225 e. The zero-order valence-electron chi connectivity index (χ0n) is 11.1. The topological polar surface area (TPSA) is 23.6 Å². The molecule has 3 fully saturated rings. The van der Waals surface area contributed by atoms with Crippen molar-refractivity contribution in [1.29, 1.82) is 0 Å². The Bertz CT molecular complexity index is 316. The highest BCUT2D eigenvalue weighted by atomic mass is 16.2. The number of hydrogen-bond acceptors (Lipinski definition) is 2. The van der Waals surface area contributed by atoms with Gasteiger partial charge in [0.25, 0.3) is 0 Å². The van der Waals surface area contributed by atoms with Crippen molar-refractivity contribution in [3.8, 4) is 0 Å². The molecule has 3 rings (SSSR count). The Morgan fingerprint density at radius 1 is 1.24 bits per heavy atom. The van der Waals surface area contributed by atoms with Gasteiger partial charge in [-0.3, -0.25) is 4.79 Å². The molecule has 96 valence electrons. The summed E-state index contributed by atoms with van der Waals surface area (Å²) in [5.41, 5.74) is 0.451. The van der Waals surface area contributed by atoms with Gasteiger partial charge in [-0.2, -0.15) is 0 Å². The van der Waals surface area contributed by atoms with E-state index in [0.29, 0.717) is 23.3 Å². The molecule has 0 N–H and O–H groups in total. The fourth-order valence-corrected chi connectivity index (χ4v) is 3.45. The molecular weight excluding hydrogens is 212 g/mol. The first kappa shape index (κ1) is 11.5. The molecule has 2 aliphatic heterocycles. The van der Waals surface area contributed by atoms with Crippen molar-refractivity contribution < 1.29 is 4.79 Å². The maximum atomic E-state index is 11.9. The van der Waals surface area contributed by atoms with E-state index >= 15 is 0 Å². The van der Waals surface area contributed by atoms with Crippen molar-refractivity contribution in [3.63, 3.8) is 0 Å². The molecule has 3 aliphatic rings. The van der Waals surface area contributed by atoms with Gasteiger partial charge in [0.05, 0.1) is 0 Å². The van der Waals surface area contributed by atoms with E-state index in [9.17, 15) is 4.79 Å². The number of likely N-dealkylation sites (tertiary alicyclic amines) is 2. The molecule has 1 aliphatic carbocycles. The average molecular weight is 236 g/mol. The number of rotatable bonds is 2. The van der Waals surface area contributed by atoms with Gasteiger partial charge in [-0.05, 0) is 46.1 Å². The predicted octanol–water partition coefficient (Wildman–Crippen LogP) is 1.73. The molecular formula is C14H24N2O. The number of carbonyl (C=O) groups is 1. The Labute approximate surface area is 104 Å². The molecule has 1 amide bonds. The lowest BCUT2D eigenvalue weighted by Crippen LogP contribution is -2.65. The standard InChI is InChI=1S/C14H24N2O/c1-11(2)15-7-3-6-14(8-15)9-16(10-14)13(17)12-4-5-12/h11-12H,3-10H2,1-2H3. The Morgan fingerprint density at radius 3 is 2.53 bits per heavy atom. The molecule has 0 aromatic heterocycles. The highest BCUT2D eigenvalue weighted by Gasteiger charge is 2.49. The van der Waals surface area contributed by atoms with E-state index in [1.807, 2.05) is 0 Å². The first-order valence-electron chi connectivity index (χ1n) is 7.12. The van der Waals surface area contributed by atoms with E-state index in [2.05, 4.69) is 23.6 Å². The lowest BCUT2D eigenvalue weighted by atomic mass is 9.73. The summed E-state index contributed by atoms with van der Waals surface area (Å²) in [6.07, 6.45) is 4.91. The summed E-state index contributed by atoms with van der Waals surface area (Å²) < 4.78 is 0. The predicted molar refractivity (Wildman–Crippen MR) is 67.7 cm³/mol. The van der Waals surface area contributed by atoms with Crippen LogP contribution in [0.15, 0.2) is 0 Å². The minimum atomic E-state index is 0.400. The minimum absolute atomic E-state index is 0.400. The second-order valence-corrected chi connectivity index (χ2v) is 6.64. The highest BCUT2D eigenvalue weighted by molar-refractivity contribution is 5.82. The van der Waals surface area contributed by atoms with E-state index in [-0.39, 0.29) is 0 Å². The monoisotopic (exact) mass is 236 g/mol. The van der Waals surface area contributed by atoms with Crippen LogP contribution in [-0.2, 0) is 4.79 Å². The quantitative estimate of drug-likeness (QED) is 0.729. The van der Waals surface area contributed by atoms with Crippen molar-refractivity contribution in [3.05, 3.63) is 0 Å². The zero-order chi connectivity index (χ0) is 12.0. The molecule has 3 heteroatoms. The summed E-state index contributed by atoms with van der Waals surface area (Å²) in [5.74, 6) is 0.842. The molecule has 2 heterocycles. The highest BCUT2D eigenvalue weighted by Crippen LogP contribution is 2.42. The molecule has 3 nitrogen and oxygen atoms in total. The van der Waals surface area contributed by atoms with Crippen LogP contribution in [0.2, 0.25) is 0 Å². The number of hydrogen-bond donors (Lipinski definition) is 0. The van der Waals surface area contributed by atoms with Crippen LogP contribution in [0.1, 0.15) is 39.5 Å². The largest absolute Gasteiger partial charge is 0.341 e. The van der Waals surface area contributed by atoms with Crippen LogP contribution in [-0.4, -0.2) is 47.9 Å². The van der Waals surface area contributed by atoms with Crippen molar-refractivity contribution in [1.82, 2.24) is 9.80 Å². The van der Waals surface area contributed by atoms with Gasteiger partial charge < -0.3 is 9.80 Å². The summed E-state index contributed by atoms with van der Waals surface area (Å²) >= 11 is 0. The number of amides is 1. The molecule has 17 heavy (non-hydrogen) atoms. The van der Waals surface area contributed by atoms with Gasteiger partial charge in [0.2, 0.25) is 5.91 Å². The van der Waals surface area contributed by atoms with Crippen LogP contribution in [0, 0.1) is 11.3 Å². The molecule has 1 spiro atoms. The Morgan fingerprint density at radius 2 is 1.94 bits per heavy atom. The number of piperidine rings is 1. The third kappa shape index (κ3) is 2.10. The van der Waals surface area contributed by atoms with Crippen molar-refractivity contribution in [2.45, 2.75) is 45.6 Å². The number of carbonyl (C=O) groups excluding carboxylic acids is 1. The van der Waals surface area contributed by atoms with Crippen LogP contribution in [0.5, 0.6) is 0 Å². The van der Waals surface area contributed by atoms with Gasteiger partial charge in [0.15, 0.2) is 0 Å². The first-order chi connectivity index (χ1) is 8.10. The minimum Gasteiger partial charge on any atom is -0.341 e. The van der Waals surface area contributed by atoms with Crippen molar-refractivity contribution in [2.75, 3.05) is 26.2 Å². The molecule has 1 saturated carbocycles. The maximum Gasteiger partial charge on any atom is 0.225 e. The maximum absolute atomic E-state index is 11.9. The zero-order valence-corrected chi connectivity index (χ0v) is 11.1. The van der Waals surface area contributed by atoms with E-state index in [4.69, 9.17) is 0 Å². The third-order valence-electron chi connectivity index (χ3n) is 4.71. The van der Waals surface area contributed by atoms with Gasteiger partial charge in [-0.1, -0.05) is 0 Å². The number of nitrogens with zero attached hydrogens (tertiary/aromatic N) is 2. The van der Waals surface area contributed by atoms with Crippen LogP contribution in [0.4, 0.5) is 0 Å². The van der Waals surface area contributed by atoms with Gasteiger partial charge in [-0.25, -0.2) is 0 Å². The first-order valence-corrected chi connectivity index (χ1v) is 7.12. The Kier molecular flexibility index (Phi) is 2.69. The molecule has 0 aromatic rings. The van der Waals surface area contributed by atoms with E-state index in [1.165, 1.54) is 25.9 Å². The van der Waals surface area contributed by atoms with E-state index < -0.39 is 0 Å². The average Bonchev–Trinajstić information content (AvgIpc) is 3.08. The normalized spacial score (nSPS) is 28.5. The van der Waals surface area contributed by atoms with Crippen molar-refractivity contribution >= 4 is 5.91 Å². The summed E-state index contributed by atoms with van der Waals surface area (Å²) in [7, 11) is 0. The third-order valence-corrected chi connectivity index (χ3v) is 4.71. The van der Waals surface area contributed by atoms with Gasteiger partial charge >= 0.3 is 0 Å². The molecule has 0 radical (unpaired) electrons. The molecule has 2 saturated heterocycles. The van der Waals surface area contributed by atoms with Crippen LogP contribution in [0.25, 0.3) is 0 Å². The molecule has 0 bridgehead atoms. The fraction of sp³-hybridized carbons (Fsp3) is 0.929. The van der Waals surface area contributed by atoms with Crippen LogP contribution >= 0.6 is 0 Å². The summed E-state index contributed by atoms with van der Waals surface area (Å²) in [6, 6.07) is 0.653. The Hall–Kier alpha value is -0.570. The van der Waals surface area contributed by atoms with E-state index in [1.54, 1.807) is 0 Å². The second-order valence-electron chi connectivity index (χ2n) is 6.64. The molecule has 0 atom stereocenters. The molecule has 0 aromatic carbocycles. The van der Waals surface area contributed by atoms with Crippen LogP contribution < -0.4 is 0 Å². The SMILES string of the molecule is CC(C)N1CCCC2(CN(C(=O)C3CC3)C2)C1. The summed E-state index contributed by atoms with van der Waals surface area (Å²) in [5, 5.41) is 0. The fourth-order valence-electron chi connectivity index (χ4n) is 3.45. The van der Waals surface area contributed by atoms with Crippen LogP contribution in [0.3, 0.4) is 0 Å². The summed E-state index contributed by atoms with van der Waals surface area (Å²) in [6.45, 7) is 9.09. The van der Waals surface area contributed by atoms with Gasteiger partial charge in [0, 0.05) is 37.0 Å². The summed E-state index contributed by atoms with van der Waals surface area (Å²) in [4.78, 5) is 16.6. The van der Waals surface area contributed by atoms with E-state index in [0.717, 1.165) is 25.9 Å².